The molecule has 0 unspecified atom stereocenters. The van der Waals surface area contributed by atoms with E-state index in [1.807, 2.05) is 0 Å². The number of para-hydroxylation sites is 1. The van der Waals surface area contributed by atoms with Crippen LogP contribution in [0.3, 0.4) is 0 Å². The number of hydrogen-bond donors (Lipinski definition) is 1. The van der Waals surface area contributed by atoms with E-state index >= 15 is 0 Å². The highest BCUT2D eigenvalue weighted by Crippen LogP contribution is 2.14. The molecule has 1 aromatic heterocycles. The third-order valence-corrected chi connectivity index (χ3v) is 3.73. The third kappa shape index (κ3) is 3.94. The van der Waals surface area contributed by atoms with Crippen molar-refractivity contribution in [2.24, 2.45) is 0 Å². The lowest BCUT2D eigenvalue weighted by Gasteiger charge is -2.06. The van der Waals surface area contributed by atoms with Gasteiger partial charge in [0.15, 0.2) is 0 Å². The molecule has 1 N–H and O–H groups in total. The number of hydrogen-bond acceptors (Lipinski definition) is 6. The second-order valence-electron chi connectivity index (χ2n) is 5.52. The summed E-state index contributed by atoms with van der Waals surface area (Å²) < 4.78 is 9.81. The third-order valence-electron chi connectivity index (χ3n) is 3.73. The largest absolute Gasteiger partial charge is 0.465 e. The van der Waals surface area contributed by atoms with Crippen molar-refractivity contribution in [1.29, 1.82) is 0 Å². The number of nitrogens with zero attached hydrogens (tertiary/aromatic N) is 1. The topological polar surface area (TPSA) is 98.3 Å². The summed E-state index contributed by atoms with van der Waals surface area (Å²) >= 11 is 0. The number of H-pyrrole nitrogens is 1. The lowest BCUT2D eigenvalue weighted by molar-refractivity contribution is -0.134. The van der Waals surface area contributed by atoms with Crippen LogP contribution in [0.25, 0.3) is 10.9 Å². The minimum absolute atomic E-state index is 0.0556. The van der Waals surface area contributed by atoms with Gasteiger partial charge in [-0.15, -0.1) is 0 Å². The van der Waals surface area contributed by atoms with Gasteiger partial charge in [-0.2, -0.15) is 0 Å². The second kappa shape index (κ2) is 7.60. The van der Waals surface area contributed by atoms with E-state index in [-0.39, 0.29) is 18.4 Å². The molecule has 0 saturated heterocycles. The van der Waals surface area contributed by atoms with E-state index in [2.05, 4.69) is 14.7 Å². The summed E-state index contributed by atoms with van der Waals surface area (Å²) in [6.45, 7) is 0. The minimum Gasteiger partial charge on any atom is -0.465 e. The molecule has 0 aliphatic heterocycles. The van der Waals surface area contributed by atoms with Crippen LogP contribution >= 0.6 is 0 Å². The molecule has 1 heterocycles. The molecular formula is C19H16N2O5. The van der Waals surface area contributed by atoms with Crippen molar-refractivity contribution in [2.45, 2.75) is 12.8 Å². The normalized spacial score (nSPS) is 10.5. The van der Waals surface area contributed by atoms with Crippen molar-refractivity contribution < 1.29 is 19.1 Å². The van der Waals surface area contributed by atoms with Gasteiger partial charge in [0.25, 0.3) is 5.56 Å². The smallest absolute Gasteiger partial charge is 0.337 e. The first-order valence-corrected chi connectivity index (χ1v) is 7.94. The van der Waals surface area contributed by atoms with E-state index in [0.717, 1.165) is 0 Å². The van der Waals surface area contributed by atoms with Crippen LogP contribution in [0.5, 0.6) is 5.75 Å². The van der Waals surface area contributed by atoms with Crippen molar-refractivity contribution in [3.05, 3.63) is 70.3 Å². The molecular weight excluding hydrogens is 336 g/mol. The second-order valence-corrected chi connectivity index (χ2v) is 5.52. The molecule has 0 radical (unpaired) electrons. The van der Waals surface area contributed by atoms with E-state index in [4.69, 9.17) is 4.74 Å². The molecule has 7 nitrogen and oxygen atoms in total. The van der Waals surface area contributed by atoms with Crippen LogP contribution in [-0.2, 0) is 16.0 Å². The first kappa shape index (κ1) is 17.3. The number of aromatic amines is 1. The van der Waals surface area contributed by atoms with Gasteiger partial charge in [0.1, 0.15) is 11.6 Å². The Bertz CT molecular complexity index is 1010. The highest BCUT2D eigenvalue weighted by Gasteiger charge is 2.10. The first-order valence-electron chi connectivity index (χ1n) is 7.94. The number of benzene rings is 2. The van der Waals surface area contributed by atoms with Gasteiger partial charge >= 0.3 is 11.9 Å². The number of fused-ring (bicyclic) bond motifs is 1. The number of aromatic nitrogens is 2. The predicted molar refractivity (Wildman–Crippen MR) is 94.1 cm³/mol. The maximum absolute atomic E-state index is 12.0. The van der Waals surface area contributed by atoms with E-state index in [1.54, 1.807) is 24.3 Å². The summed E-state index contributed by atoms with van der Waals surface area (Å²) in [6.07, 6.45) is 0.305. The Kier molecular flexibility index (Phi) is 5.07. The number of aryl methyl sites for hydroxylation is 1. The Morgan fingerprint density at radius 2 is 1.81 bits per heavy atom. The van der Waals surface area contributed by atoms with Crippen LogP contribution in [0.2, 0.25) is 0 Å². The summed E-state index contributed by atoms with van der Waals surface area (Å²) in [7, 11) is 1.29. The number of carbonyl (C=O) groups is 2. The standard InChI is InChI=1S/C19H16N2O5/c1-25-19(24)12-6-8-13(9-7-12)26-17(22)11-10-16-20-15-5-3-2-4-14(15)18(23)21-16/h2-9H,10-11H2,1H3,(H,20,21,23). The maximum atomic E-state index is 12.0. The van der Waals surface area contributed by atoms with Gasteiger partial charge in [-0.3, -0.25) is 9.59 Å². The number of carbonyl (C=O) groups excluding carboxylic acids is 2. The van der Waals surface area contributed by atoms with E-state index in [1.165, 1.54) is 31.4 Å². The number of esters is 2. The average molecular weight is 352 g/mol. The zero-order chi connectivity index (χ0) is 18.5. The number of ether oxygens (including phenoxy) is 2. The van der Waals surface area contributed by atoms with Crippen LogP contribution < -0.4 is 10.3 Å². The zero-order valence-corrected chi connectivity index (χ0v) is 14.0. The van der Waals surface area contributed by atoms with Crippen LogP contribution in [0.15, 0.2) is 53.3 Å². The molecule has 0 aliphatic rings. The van der Waals surface area contributed by atoms with Crippen molar-refractivity contribution in [2.75, 3.05) is 7.11 Å². The first-order chi connectivity index (χ1) is 12.6. The van der Waals surface area contributed by atoms with Crippen molar-refractivity contribution >= 4 is 22.8 Å². The van der Waals surface area contributed by atoms with Gasteiger partial charge in [-0.05, 0) is 36.4 Å². The van der Waals surface area contributed by atoms with Gasteiger partial charge in [-0.1, -0.05) is 12.1 Å². The molecule has 26 heavy (non-hydrogen) atoms. The molecule has 0 atom stereocenters. The van der Waals surface area contributed by atoms with Crippen molar-refractivity contribution in [3.8, 4) is 5.75 Å². The van der Waals surface area contributed by atoms with Gasteiger partial charge < -0.3 is 14.5 Å². The monoisotopic (exact) mass is 352 g/mol. The summed E-state index contributed by atoms with van der Waals surface area (Å²) in [5, 5.41) is 0.504. The van der Waals surface area contributed by atoms with Crippen molar-refractivity contribution in [3.63, 3.8) is 0 Å². The van der Waals surface area contributed by atoms with Crippen LogP contribution in [0, 0.1) is 0 Å². The Morgan fingerprint density at radius 3 is 2.54 bits per heavy atom. The minimum atomic E-state index is -0.466. The predicted octanol–water partition coefficient (Wildman–Crippen LogP) is 2.25. The summed E-state index contributed by atoms with van der Waals surface area (Å²) in [5.74, 6) is -0.185. The van der Waals surface area contributed by atoms with Crippen LogP contribution in [-0.4, -0.2) is 29.0 Å². The molecule has 7 heteroatoms. The van der Waals surface area contributed by atoms with Gasteiger partial charge in [0.2, 0.25) is 0 Å². The maximum Gasteiger partial charge on any atom is 0.337 e. The number of nitrogens with one attached hydrogen (secondary N) is 1. The Morgan fingerprint density at radius 1 is 1.08 bits per heavy atom. The molecule has 0 fully saturated rings. The molecule has 3 rings (SSSR count). The summed E-state index contributed by atoms with van der Waals surface area (Å²) in [4.78, 5) is 42.3. The lowest BCUT2D eigenvalue weighted by atomic mass is 10.2. The quantitative estimate of drug-likeness (QED) is 0.559. The fourth-order valence-electron chi connectivity index (χ4n) is 2.43. The molecule has 0 aliphatic carbocycles. The van der Waals surface area contributed by atoms with Crippen molar-refractivity contribution in [1.82, 2.24) is 9.97 Å². The zero-order valence-electron chi connectivity index (χ0n) is 14.0. The average Bonchev–Trinajstić information content (AvgIpc) is 2.66. The molecule has 3 aromatic rings. The van der Waals surface area contributed by atoms with E-state index < -0.39 is 11.9 Å². The molecule has 0 saturated carbocycles. The SMILES string of the molecule is COC(=O)c1ccc(OC(=O)CCc2nc3ccccc3c(=O)[nH]2)cc1. The molecule has 132 valence electrons. The summed E-state index contributed by atoms with van der Waals surface area (Å²) in [6, 6.07) is 13.0. The highest BCUT2D eigenvalue weighted by molar-refractivity contribution is 5.89. The van der Waals surface area contributed by atoms with Crippen LogP contribution in [0.4, 0.5) is 0 Å². The summed E-state index contributed by atoms with van der Waals surface area (Å²) in [5.41, 5.74) is 0.709. The van der Waals surface area contributed by atoms with Gasteiger partial charge in [0.05, 0.1) is 30.0 Å². The number of methoxy groups -OCH3 is 1. The number of rotatable bonds is 5. The fraction of sp³-hybridized carbons (Fsp3) is 0.158. The lowest BCUT2D eigenvalue weighted by Crippen LogP contribution is -2.15. The Hall–Kier alpha value is -3.48. The Labute approximate surface area is 148 Å². The van der Waals surface area contributed by atoms with Crippen LogP contribution in [0.1, 0.15) is 22.6 Å². The molecule has 0 bridgehead atoms. The van der Waals surface area contributed by atoms with Gasteiger partial charge in [0, 0.05) is 6.42 Å². The molecule has 0 spiro atoms. The highest BCUT2D eigenvalue weighted by atomic mass is 16.5. The van der Waals surface area contributed by atoms with Gasteiger partial charge in [-0.25, -0.2) is 9.78 Å². The molecule has 2 aromatic carbocycles. The van der Waals surface area contributed by atoms with E-state index in [9.17, 15) is 14.4 Å². The Balaban J connectivity index is 1.62. The fourth-order valence-corrected chi connectivity index (χ4v) is 2.43. The van der Waals surface area contributed by atoms with E-state index in [0.29, 0.717) is 28.0 Å². The molecule has 0 amide bonds.